The fraction of sp³-hybridized carbons (Fsp3) is 1.00. The van der Waals surface area contributed by atoms with Crippen molar-refractivity contribution in [3.63, 3.8) is 0 Å². The van der Waals surface area contributed by atoms with Crippen LogP contribution in [0.25, 0.3) is 0 Å². The van der Waals surface area contributed by atoms with E-state index in [-0.39, 0.29) is 6.61 Å². The molecule has 162 valence electrons. The minimum absolute atomic E-state index is 0.0902. The molecule has 0 amide bonds. The highest BCUT2D eigenvalue weighted by Crippen LogP contribution is 2.22. The molecule has 0 aromatic rings. The van der Waals surface area contributed by atoms with Crippen LogP contribution in [0.3, 0.4) is 0 Å². The predicted octanol–water partition coefficient (Wildman–Crippen LogP) is -0.106. The van der Waals surface area contributed by atoms with Crippen molar-refractivity contribution in [2.24, 2.45) is 0 Å². The molecule has 0 aromatic heterocycles. The van der Waals surface area contributed by atoms with Crippen LogP contribution in [0.15, 0.2) is 0 Å². The van der Waals surface area contributed by atoms with Crippen molar-refractivity contribution in [2.45, 2.75) is 95.1 Å². The zero-order valence-electron chi connectivity index (χ0n) is 16.5. The maximum Gasteiger partial charge on any atom is 0.186 e. The quantitative estimate of drug-likeness (QED) is 0.213. The molecule has 0 saturated carbocycles. The molecule has 0 aliphatic carbocycles. The summed E-state index contributed by atoms with van der Waals surface area (Å²) in [6.45, 7) is 2.80. The van der Waals surface area contributed by atoms with Crippen molar-refractivity contribution in [1.29, 1.82) is 0 Å². The van der Waals surface area contributed by atoms with E-state index in [1.165, 1.54) is 44.9 Å². The summed E-state index contributed by atoms with van der Waals surface area (Å²) in [6, 6.07) is 0. The van der Waals surface area contributed by atoms with Gasteiger partial charge in [-0.3, -0.25) is 0 Å². The second-order valence-corrected chi connectivity index (χ2v) is 7.36. The number of unbranched alkanes of at least 4 members (excludes halogenated alkanes) is 7. The van der Waals surface area contributed by atoms with Crippen LogP contribution in [0.1, 0.15) is 58.3 Å². The molecular weight excluding hydrogens is 354 g/mol. The van der Waals surface area contributed by atoms with Gasteiger partial charge in [-0.2, -0.15) is 0 Å². The van der Waals surface area contributed by atoms with E-state index in [9.17, 15) is 20.4 Å². The van der Waals surface area contributed by atoms with Crippen LogP contribution in [-0.4, -0.2) is 88.6 Å². The third-order valence-electron chi connectivity index (χ3n) is 4.89. The van der Waals surface area contributed by atoms with Gasteiger partial charge in [0, 0.05) is 6.54 Å². The molecule has 0 bridgehead atoms. The predicted molar refractivity (Wildman–Crippen MR) is 101 cm³/mol. The third-order valence-corrected chi connectivity index (χ3v) is 4.89. The topological polar surface area (TPSA) is 132 Å². The summed E-state index contributed by atoms with van der Waals surface area (Å²) in [6.07, 6.45) is 2.68. The van der Waals surface area contributed by atoms with E-state index in [0.717, 1.165) is 13.0 Å². The number of nitrogens with one attached hydrogen (secondary N) is 1. The van der Waals surface area contributed by atoms with Gasteiger partial charge in [0.25, 0.3) is 0 Å². The van der Waals surface area contributed by atoms with Crippen molar-refractivity contribution in [1.82, 2.24) is 5.32 Å². The molecular formula is C19H39NO7. The maximum absolute atomic E-state index is 9.94. The summed E-state index contributed by atoms with van der Waals surface area (Å²) in [7, 11) is 0. The summed E-state index contributed by atoms with van der Waals surface area (Å²) in [5, 5.41) is 51.5. The lowest BCUT2D eigenvalue weighted by Crippen LogP contribution is -2.59. The standard InChI is InChI=1S/C19H39NO7/c1-2-3-4-5-6-7-8-9-10-20-11-14(22)13-26-19-18(25)17(24)16(23)15(12-21)27-19/h14-25H,2-13H2,1H3/t14?,15-,16+,17+,18-,19-/m1/s1. The highest BCUT2D eigenvalue weighted by atomic mass is 16.7. The molecule has 1 saturated heterocycles. The minimum Gasteiger partial charge on any atom is -0.394 e. The highest BCUT2D eigenvalue weighted by molar-refractivity contribution is 4.88. The smallest absolute Gasteiger partial charge is 0.186 e. The number of aliphatic hydroxyl groups is 5. The molecule has 0 spiro atoms. The minimum atomic E-state index is -1.47. The summed E-state index contributed by atoms with van der Waals surface area (Å²) in [4.78, 5) is 0. The SMILES string of the molecule is CCCCCCCCCCNCC(O)CO[C@@H]1O[C@H](CO)[C@H](O)[C@H](O)[C@H]1O. The lowest BCUT2D eigenvalue weighted by atomic mass is 9.99. The molecule has 1 unspecified atom stereocenters. The lowest BCUT2D eigenvalue weighted by Gasteiger charge is -2.39. The Kier molecular flexibility index (Phi) is 13.4. The molecule has 8 heteroatoms. The summed E-state index contributed by atoms with van der Waals surface area (Å²) in [5.74, 6) is 0. The van der Waals surface area contributed by atoms with Crippen LogP contribution in [0.2, 0.25) is 0 Å². The van der Waals surface area contributed by atoms with Crippen LogP contribution in [0, 0.1) is 0 Å². The Morgan fingerprint density at radius 2 is 1.56 bits per heavy atom. The van der Waals surface area contributed by atoms with E-state index >= 15 is 0 Å². The van der Waals surface area contributed by atoms with E-state index in [1.807, 2.05) is 0 Å². The Balaban J connectivity index is 2.06. The average molecular weight is 394 g/mol. The van der Waals surface area contributed by atoms with Crippen molar-refractivity contribution >= 4 is 0 Å². The summed E-state index contributed by atoms with van der Waals surface area (Å²) >= 11 is 0. The summed E-state index contributed by atoms with van der Waals surface area (Å²) < 4.78 is 10.5. The molecule has 1 heterocycles. The van der Waals surface area contributed by atoms with E-state index < -0.39 is 43.4 Å². The first-order valence-electron chi connectivity index (χ1n) is 10.3. The number of aliphatic hydroxyl groups excluding tert-OH is 5. The Morgan fingerprint density at radius 3 is 2.19 bits per heavy atom. The van der Waals surface area contributed by atoms with Crippen LogP contribution >= 0.6 is 0 Å². The molecule has 27 heavy (non-hydrogen) atoms. The van der Waals surface area contributed by atoms with Crippen LogP contribution in [0.5, 0.6) is 0 Å². The van der Waals surface area contributed by atoms with Crippen LogP contribution < -0.4 is 5.32 Å². The maximum atomic E-state index is 9.94. The molecule has 1 rings (SSSR count). The molecule has 1 aliphatic rings. The normalized spacial score (nSPS) is 29.8. The fourth-order valence-electron chi connectivity index (χ4n) is 3.12. The van der Waals surface area contributed by atoms with E-state index in [1.54, 1.807) is 0 Å². The number of ether oxygens (including phenoxy) is 2. The molecule has 1 fully saturated rings. The Bertz CT molecular complexity index is 359. The number of hydrogen-bond acceptors (Lipinski definition) is 8. The van der Waals surface area contributed by atoms with Gasteiger partial charge in [0.05, 0.1) is 19.3 Å². The van der Waals surface area contributed by atoms with Gasteiger partial charge < -0.3 is 40.3 Å². The Morgan fingerprint density at radius 1 is 0.926 bits per heavy atom. The van der Waals surface area contributed by atoms with Crippen molar-refractivity contribution < 1.29 is 35.0 Å². The summed E-state index contributed by atoms with van der Waals surface area (Å²) in [5.41, 5.74) is 0. The van der Waals surface area contributed by atoms with E-state index in [4.69, 9.17) is 14.6 Å². The second kappa shape index (κ2) is 14.6. The van der Waals surface area contributed by atoms with Crippen LogP contribution in [0.4, 0.5) is 0 Å². The van der Waals surface area contributed by atoms with Gasteiger partial charge in [-0.1, -0.05) is 51.9 Å². The zero-order valence-corrected chi connectivity index (χ0v) is 16.5. The van der Waals surface area contributed by atoms with Gasteiger partial charge in [0.1, 0.15) is 24.4 Å². The van der Waals surface area contributed by atoms with Gasteiger partial charge in [0.2, 0.25) is 0 Å². The van der Waals surface area contributed by atoms with E-state index in [2.05, 4.69) is 12.2 Å². The van der Waals surface area contributed by atoms with Gasteiger partial charge >= 0.3 is 0 Å². The fourth-order valence-corrected chi connectivity index (χ4v) is 3.12. The van der Waals surface area contributed by atoms with E-state index in [0.29, 0.717) is 6.54 Å². The van der Waals surface area contributed by atoms with Gasteiger partial charge in [-0.05, 0) is 13.0 Å². The molecule has 6 N–H and O–H groups in total. The molecule has 8 nitrogen and oxygen atoms in total. The molecule has 1 aliphatic heterocycles. The average Bonchev–Trinajstić information content (AvgIpc) is 2.67. The van der Waals surface area contributed by atoms with Gasteiger partial charge in [-0.15, -0.1) is 0 Å². The molecule has 0 radical (unpaired) electrons. The first-order valence-corrected chi connectivity index (χ1v) is 10.3. The first-order chi connectivity index (χ1) is 13.0. The third kappa shape index (κ3) is 9.62. The highest BCUT2D eigenvalue weighted by Gasteiger charge is 2.44. The van der Waals surface area contributed by atoms with Crippen LogP contribution in [-0.2, 0) is 9.47 Å². The van der Waals surface area contributed by atoms with Crippen molar-refractivity contribution in [3.05, 3.63) is 0 Å². The number of hydrogen-bond donors (Lipinski definition) is 6. The Hall–Kier alpha value is -0.320. The monoisotopic (exact) mass is 393 g/mol. The Labute approximate surface area is 162 Å². The number of rotatable bonds is 15. The lowest BCUT2D eigenvalue weighted by molar-refractivity contribution is -0.304. The van der Waals surface area contributed by atoms with Gasteiger partial charge in [0.15, 0.2) is 6.29 Å². The van der Waals surface area contributed by atoms with Gasteiger partial charge in [-0.25, -0.2) is 0 Å². The first kappa shape index (κ1) is 24.7. The largest absolute Gasteiger partial charge is 0.394 e. The van der Waals surface area contributed by atoms with Crippen molar-refractivity contribution in [2.75, 3.05) is 26.3 Å². The van der Waals surface area contributed by atoms with Crippen molar-refractivity contribution in [3.8, 4) is 0 Å². The molecule has 6 atom stereocenters. The zero-order chi connectivity index (χ0) is 20.1. The molecule has 0 aromatic carbocycles. The second-order valence-electron chi connectivity index (χ2n) is 7.36.